The second-order valence-electron chi connectivity index (χ2n) is 5.82. The highest BCUT2D eigenvalue weighted by atomic mass is 32.2. The first-order chi connectivity index (χ1) is 13.5. The second-order valence-corrected chi connectivity index (χ2v) is 7.01. The van der Waals surface area contributed by atoms with Crippen LogP contribution in [0.25, 0.3) is 0 Å². The van der Waals surface area contributed by atoms with Gasteiger partial charge in [-0.1, -0.05) is 23.9 Å². The molecule has 0 radical (unpaired) electrons. The Morgan fingerprint density at radius 3 is 1.67 bits per heavy atom. The summed E-state index contributed by atoms with van der Waals surface area (Å²) in [5.41, 5.74) is -3.90. The summed E-state index contributed by atoms with van der Waals surface area (Å²) in [7, 11) is 0. The molecule has 0 fully saturated rings. The van der Waals surface area contributed by atoms with Gasteiger partial charge in [-0.15, -0.1) is 0 Å². The van der Waals surface area contributed by atoms with Gasteiger partial charge in [0.05, 0.1) is 11.1 Å². The molecule has 15 heteroatoms. The number of imide groups is 1. The van der Waals surface area contributed by atoms with Crippen LogP contribution in [0.3, 0.4) is 0 Å². The molecule has 30 heavy (non-hydrogen) atoms. The maximum absolute atomic E-state index is 13.7. The number of carbonyl (C=O) groups is 2. The number of halogens is 10. The van der Waals surface area contributed by atoms with Crippen LogP contribution in [0.1, 0.15) is 20.7 Å². The highest BCUT2D eigenvalue weighted by Crippen LogP contribution is 2.62. The van der Waals surface area contributed by atoms with E-state index in [1.165, 1.54) is 12.1 Å². The number of fused-ring (bicyclic) bond motifs is 1. The Hall–Kier alpha value is -2.58. The Labute approximate surface area is 163 Å². The van der Waals surface area contributed by atoms with E-state index in [4.69, 9.17) is 0 Å². The Kier molecular flexibility index (Phi) is 4.76. The summed E-state index contributed by atoms with van der Waals surface area (Å²) in [6.07, 6.45) is -19.3. The number of allylic oxidation sites excluding steroid dienone is 1. The molecule has 0 spiro atoms. The minimum atomic E-state index is -6.53. The molecule has 0 bridgehead atoms. The van der Waals surface area contributed by atoms with Crippen LogP contribution in [-0.2, 0) is 0 Å². The van der Waals surface area contributed by atoms with Crippen LogP contribution in [0, 0.1) is 0 Å². The number of thioether (sulfide) groups is 1. The molecule has 1 aromatic rings. The van der Waals surface area contributed by atoms with E-state index in [9.17, 15) is 53.5 Å². The van der Waals surface area contributed by atoms with Gasteiger partial charge < -0.3 is 0 Å². The average molecular weight is 466 g/mol. The molecule has 0 saturated carbocycles. The van der Waals surface area contributed by atoms with Crippen molar-refractivity contribution in [3.63, 3.8) is 0 Å². The molecule has 2 aliphatic heterocycles. The van der Waals surface area contributed by atoms with Gasteiger partial charge in [0.15, 0.2) is 5.17 Å². The Balaban J connectivity index is 2.26. The summed E-state index contributed by atoms with van der Waals surface area (Å²) in [4.78, 5) is 26.9. The lowest BCUT2D eigenvalue weighted by Crippen LogP contribution is -2.55. The molecule has 0 N–H and O–H groups in total. The van der Waals surface area contributed by atoms with E-state index in [2.05, 4.69) is 4.99 Å². The SMILES string of the molecule is O=C1c2ccccc2C(=O)N1C1=N/C(=C(/F)C(F)(F)F)C(C(F)(F)F)(C(F)(F)F)S1. The average Bonchev–Trinajstić information content (AvgIpc) is 3.11. The molecule has 1 aromatic carbocycles. The minimum Gasteiger partial charge on any atom is -0.268 e. The van der Waals surface area contributed by atoms with Crippen molar-refractivity contribution in [2.24, 2.45) is 4.99 Å². The van der Waals surface area contributed by atoms with Gasteiger partial charge in [-0.05, 0) is 12.1 Å². The lowest BCUT2D eigenvalue weighted by atomic mass is 10.0. The van der Waals surface area contributed by atoms with Crippen LogP contribution >= 0.6 is 11.8 Å². The molecular weight excluding hydrogens is 462 g/mol. The van der Waals surface area contributed by atoms with Crippen molar-refractivity contribution in [3.05, 3.63) is 46.9 Å². The first-order valence-electron chi connectivity index (χ1n) is 7.40. The molecule has 2 amide bonds. The van der Waals surface area contributed by atoms with Crippen molar-refractivity contribution in [1.29, 1.82) is 0 Å². The van der Waals surface area contributed by atoms with Gasteiger partial charge >= 0.3 is 18.5 Å². The van der Waals surface area contributed by atoms with E-state index in [0.717, 1.165) is 12.1 Å². The standard InChI is InChI=1S/C15H4F10N2O2S/c16-7(13(17,18)19)8-12(14(20,21)22,15(23,24)25)30-11(26-8)27-9(28)5-3-1-2-4-6(5)10(27)29/h1-4H/b8-7+. The predicted molar refractivity (Wildman–Crippen MR) is 81.0 cm³/mol. The number of hydrogen-bond donors (Lipinski definition) is 0. The zero-order valence-corrected chi connectivity index (χ0v) is 14.5. The summed E-state index contributed by atoms with van der Waals surface area (Å²) in [6, 6.07) is 4.48. The van der Waals surface area contributed by atoms with Gasteiger partial charge in [0.1, 0.15) is 5.70 Å². The van der Waals surface area contributed by atoms with Crippen LogP contribution in [0.2, 0.25) is 0 Å². The Morgan fingerprint density at radius 2 is 1.30 bits per heavy atom. The van der Waals surface area contributed by atoms with Crippen molar-refractivity contribution in [2.75, 3.05) is 0 Å². The van der Waals surface area contributed by atoms with Gasteiger partial charge in [0.25, 0.3) is 16.6 Å². The normalized spacial score (nSPS) is 21.1. The molecule has 4 nitrogen and oxygen atoms in total. The molecule has 0 unspecified atom stereocenters. The number of carbonyl (C=O) groups excluding carboxylic acids is 2. The topological polar surface area (TPSA) is 49.7 Å². The largest absolute Gasteiger partial charge is 0.444 e. The maximum Gasteiger partial charge on any atom is 0.444 e. The van der Waals surface area contributed by atoms with Crippen LogP contribution in [0.5, 0.6) is 0 Å². The fourth-order valence-corrected chi connectivity index (χ4v) is 3.86. The van der Waals surface area contributed by atoms with Gasteiger partial charge in [-0.2, -0.15) is 43.9 Å². The number of alkyl halides is 9. The van der Waals surface area contributed by atoms with E-state index in [1.54, 1.807) is 0 Å². The zero-order valence-electron chi connectivity index (χ0n) is 13.7. The van der Waals surface area contributed by atoms with E-state index in [-0.39, 0.29) is 4.90 Å². The second kappa shape index (κ2) is 6.46. The highest BCUT2D eigenvalue weighted by molar-refractivity contribution is 8.15. The van der Waals surface area contributed by atoms with Gasteiger partial charge in [0.2, 0.25) is 5.83 Å². The smallest absolute Gasteiger partial charge is 0.268 e. The first kappa shape index (κ1) is 22.1. The van der Waals surface area contributed by atoms with Crippen molar-refractivity contribution in [3.8, 4) is 0 Å². The Bertz CT molecular complexity index is 957. The van der Waals surface area contributed by atoms with Crippen molar-refractivity contribution in [2.45, 2.75) is 23.3 Å². The Morgan fingerprint density at radius 1 is 0.867 bits per heavy atom. The van der Waals surface area contributed by atoms with Crippen LogP contribution < -0.4 is 0 Å². The number of rotatable bonds is 0. The summed E-state index contributed by atoms with van der Waals surface area (Å²) in [5.74, 6) is -6.60. The number of nitrogens with zero attached hydrogens (tertiary/aromatic N) is 2. The molecule has 0 aromatic heterocycles. The van der Waals surface area contributed by atoms with Gasteiger partial charge in [0, 0.05) is 0 Å². The summed E-state index contributed by atoms with van der Waals surface area (Å²) < 4.78 is 127. The predicted octanol–water partition coefficient (Wildman–Crippen LogP) is 4.99. The number of hydrogen-bond acceptors (Lipinski definition) is 4. The molecule has 0 aliphatic carbocycles. The van der Waals surface area contributed by atoms with Crippen molar-refractivity contribution < 1.29 is 53.5 Å². The van der Waals surface area contributed by atoms with Gasteiger partial charge in [-0.25, -0.2) is 9.89 Å². The highest BCUT2D eigenvalue weighted by Gasteiger charge is 2.78. The van der Waals surface area contributed by atoms with Gasteiger partial charge in [-0.3, -0.25) is 9.59 Å². The minimum absolute atomic E-state index is 0.252. The van der Waals surface area contributed by atoms with E-state index in [0.29, 0.717) is 0 Å². The third-order valence-electron chi connectivity index (χ3n) is 4.03. The van der Waals surface area contributed by atoms with E-state index in [1.807, 2.05) is 0 Å². The third kappa shape index (κ3) is 2.97. The first-order valence-corrected chi connectivity index (χ1v) is 8.22. The van der Waals surface area contributed by atoms with E-state index >= 15 is 0 Å². The molecular formula is C15H4F10N2O2S. The zero-order chi connectivity index (χ0) is 22.9. The van der Waals surface area contributed by atoms with Crippen LogP contribution in [0.15, 0.2) is 40.8 Å². The summed E-state index contributed by atoms with van der Waals surface area (Å²) in [6.45, 7) is 0. The fourth-order valence-electron chi connectivity index (χ4n) is 2.72. The number of amides is 2. The summed E-state index contributed by atoms with van der Waals surface area (Å²) >= 11 is -1.41. The van der Waals surface area contributed by atoms with E-state index < -0.39 is 74.7 Å². The molecule has 3 rings (SSSR count). The molecule has 0 atom stereocenters. The monoisotopic (exact) mass is 466 g/mol. The van der Waals surface area contributed by atoms with Crippen molar-refractivity contribution >= 4 is 28.7 Å². The summed E-state index contributed by atoms with van der Waals surface area (Å²) in [5, 5.41) is -1.69. The quantitative estimate of drug-likeness (QED) is 0.400. The third-order valence-corrected chi connectivity index (χ3v) is 5.44. The lowest BCUT2D eigenvalue weighted by molar-refractivity contribution is -0.253. The van der Waals surface area contributed by atoms with Crippen LogP contribution in [-0.4, -0.2) is 45.2 Å². The fraction of sp³-hybridized carbons (Fsp3) is 0.267. The number of amidine groups is 1. The lowest BCUT2D eigenvalue weighted by Gasteiger charge is -2.33. The molecule has 0 saturated heterocycles. The molecule has 162 valence electrons. The molecule has 2 aliphatic rings. The molecule has 2 heterocycles. The number of benzene rings is 1. The number of aliphatic imine (C=N–C) groups is 1. The van der Waals surface area contributed by atoms with Crippen molar-refractivity contribution in [1.82, 2.24) is 4.90 Å². The maximum atomic E-state index is 13.7. The van der Waals surface area contributed by atoms with Crippen LogP contribution in [0.4, 0.5) is 43.9 Å².